The third-order valence-corrected chi connectivity index (χ3v) is 4.77. The number of ether oxygens (including phenoxy) is 2. The fourth-order valence-electron chi connectivity index (χ4n) is 2.81. The second-order valence-corrected chi connectivity index (χ2v) is 6.61. The number of fused-ring (bicyclic) bond motifs is 1. The lowest BCUT2D eigenvalue weighted by Crippen LogP contribution is -2.36. The smallest absolute Gasteiger partial charge is 0.246 e. The van der Waals surface area contributed by atoms with Crippen LogP contribution >= 0.6 is 11.8 Å². The molecule has 1 heterocycles. The molecule has 1 atom stereocenters. The summed E-state index contributed by atoms with van der Waals surface area (Å²) in [5, 5.41) is 2.83. The quantitative estimate of drug-likeness (QED) is 0.819. The number of hydrogen-bond donors (Lipinski definition) is 1. The Morgan fingerprint density at radius 3 is 2.71 bits per heavy atom. The molecular formula is C19H21NO3S. The Morgan fingerprint density at radius 2 is 2.00 bits per heavy atom. The van der Waals surface area contributed by atoms with E-state index < -0.39 is 0 Å². The molecule has 0 spiro atoms. The topological polar surface area (TPSA) is 47.6 Å². The van der Waals surface area contributed by atoms with E-state index in [1.165, 1.54) is 28.7 Å². The molecule has 2 aromatic carbocycles. The van der Waals surface area contributed by atoms with Crippen LogP contribution in [0.5, 0.6) is 5.75 Å². The fraction of sp³-hybridized carbons (Fsp3) is 0.316. The number of benzene rings is 2. The maximum Gasteiger partial charge on any atom is 0.246 e. The summed E-state index contributed by atoms with van der Waals surface area (Å²) < 4.78 is 10.7. The number of carbonyl (C=O) groups excluding carboxylic acids is 1. The number of methoxy groups -OCH3 is 1. The van der Waals surface area contributed by atoms with Crippen LogP contribution in [0.1, 0.15) is 5.56 Å². The van der Waals surface area contributed by atoms with Crippen molar-refractivity contribution in [2.45, 2.75) is 17.4 Å². The Hall–Kier alpha value is -1.98. The zero-order valence-corrected chi connectivity index (χ0v) is 14.7. The highest BCUT2D eigenvalue weighted by molar-refractivity contribution is 7.98. The van der Waals surface area contributed by atoms with Gasteiger partial charge in [-0.05, 0) is 47.2 Å². The van der Waals surface area contributed by atoms with E-state index in [9.17, 15) is 4.79 Å². The summed E-state index contributed by atoms with van der Waals surface area (Å²) in [5.41, 5.74) is 3.58. The molecular weight excluding hydrogens is 322 g/mol. The molecule has 0 aliphatic carbocycles. The average Bonchev–Trinajstić information content (AvgIpc) is 3.02. The third-order valence-electron chi connectivity index (χ3n) is 4.03. The van der Waals surface area contributed by atoms with Crippen LogP contribution in [-0.4, -0.2) is 38.5 Å². The van der Waals surface area contributed by atoms with Gasteiger partial charge in [-0.1, -0.05) is 18.2 Å². The predicted molar refractivity (Wildman–Crippen MR) is 96.7 cm³/mol. The molecule has 4 nitrogen and oxygen atoms in total. The molecule has 0 bridgehead atoms. The number of nitrogens with one attached hydrogen (secondary N) is 1. The minimum absolute atomic E-state index is 0.0186. The summed E-state index contributed by atoms with van der Waals surface area (Å²) in [5.74, 6) is 0.789. The Labute approximate surface area is 146 Å². The molecule has 0 radical (unpaired) electrons. The molecule has 0 unspecified atom stereocenters. The second-order valence-electron chi connectivity index (χ2n) is 5.73. The van der Waals surface area contributed by atoms with Crippen molar-refractivity contribution in [2.24, 2.45) is 0 Å². The van der Waals surface area contributed by atoms with Gasteiger partial charge >= 0.3 is 0 Å². The van der Waals surface area contributed by atoms with Gasteiger partial charge in [-0.3, -0.25) is 4.79 Å². The maximum atomic E-state index is 11.5. The standard InChI is InChI=1S/C19H21NO3S/c1-22-12-19(21)20-11-16-10-15-9-14(5-8-18(15)23-16)13-3-6-17(24-2)7-4-13/h3-9,16H,10-12H2,1-2H3,(H,20,21)/t16-/m0/s1. The molecule has 1 aliphatic heterocycles. The van der Waals surface area contributed by atoms with Gasteiger partial charge in [0.05, 0.1) is 6.54 Å². The molecule has 0 saturated heterocycles. The van der Waals surface area contributed by atoms with E-state index in [1.807, 2.05) is 6.07 Å². The van der Waals surface area contributed by atoms with Crippen LogP contribution in [0.2, 0.25) is 0 Å². The van der Waals surface area contributed by atoms with E-state index in [2.05, 4.69) is 48.0 Å². The van der Waals surface area contributed by atoms with Crippen molar-refractivity contribution >= 4 is 17.7 Å². The number of rotatable bonds is 6. The monoisotopic (exact) mass is 343 g/mol. The Morgan fingerprint density at radius 1 is 1.25 bits per heavy atom. The lowest BCUT2D eigenvalue weighted by atomic mass is 10.0. The average molecular weight is 343 g/mol. The molecule has 1 N–H and O–H groups in total. The summed E-state index contributed by atoms with van der Waals surface area (Å²) >= 11 is 1.74. The molecule has 0 fully saturated rings. The van der Waals surface area contributed by atoms with Crippen molar-refractivity contribution in [3.63, 3.8) is 0 Å². The van der Waals surface area contributed by atoms with E-state index in [-0.39, 0.29) is 18.6 Å². The van der Waals surface area contributed by atoms with E-state index >= 15 is 0 Å². The maximum absolute atomic E-state index is 11.5. The van der Waals surface area contributed by atoms with E-state index in [0.29, 0.717) is 6.54 Å². The lowest BCUT2D eigenvalue weighted by molar-refractivity contribution is -0.125. The van der Waals surface area contributed by atoms with Crippen LogP contribution in [0.4, 0.5) is 0 Å². The van der Waals surface area contributed by atoms with Gasteiger partial charge < -0.3 is 14.8 Å². The van der Waals surface area contributed by atoms with Crippen molar-refractivity contribution in [1.82, 2.24) is 5.32 Å². The van der Waals surface area contributed by atoms with Gasteiger partial charge in [0.1, 0.15) is 18.5 Å². The molecule has 1 amide bonds. The predicted octanol–water partition coefficient (Wildman–Crippen LogP) is 3.14. The zero-order chi connectivity index (χ0) is 16.9. The van der Waals surface area contributed by atoms with Gasteiger partial charge in [-0.2, -0.15) is 0 Å². The van der Waals surface area contributed by atoms with Crippen LogP contribution in [0, 0.1) is 0 Å². The number of thioether (sulfide) groups is 1. The van der Waals surface area contributed by atoms with E-state index in [0.717, 1.165) is 12.2 Å². The molecule has 3 rings (SSSR count). The summed E-state index contributed by atoms with van der Waals surface area (Å²) in [6.45, 7) is 0.574. The van der Waals surface area contributed by atoms with Crippen LogP contribution in [0.15, 0.2) is 47.4 Å². The van der Waals surface area contributed by atoms with Gasteiger partial charge in [0, 0.05) is 18.4 Å². The van der Waals surface area contributed by atoms with Gasteiger partial charge in [0.2, 0.25) is 5.91 Å². The highest BCUT2D eigenvalue weighted by Gasteiger charge is 2.23. The first kappa shape index (κ1) is 16.9. The highest BCUT2D eigenvalue weighted by Crippen LogP contribution is 2.33. The molecule has 126 valence electrons. The summed E-state index contributed by atoms with van der Waals surface area (Å²) in [4.78, 5) is 12.7. The first-order chi connectivity index (χ1) is 11.7. The van der Waals surface area contributed by atoms with Crippen molar-refractivity contribution in [1.29, 1.82) is 0 Å². The number of amides is 1. The molecule has 24 heavy (non-hydrogen) atoms. The minimum Gasteiger partial charge on any atom is -0.488 e. The van der Waals surface area contributed by atoms with Crippen molar-refractivity contribution in [2.75, 3.05) is 26.5 Å². The Bertz CT molecular complexity index is 715. The van der Waals surface area contributed by atoms with Crippen LogP contribution < -0.4 is 10.1 Å². The van der Waals surface area contributed by atoms with E-state index in [4.69, 9.17) is 9.47 Å². The van der Waals surface area contributed by atoms with Gasteiger partial charge in [-0.25, -0.2) is 0 Å². The normalized spacial score (nSPS) is 15.7. The molecule has 0 saturated carbocycles. The summed E-state index contributed by atoms with van der Waals surface area (Å²) in [6, 6.07) is 14.8. The van der Waals surface area contributed by atoms with E-state index in [1.54, 1.807) is 11.8 Å². The molecule has 5 heteroatoms. The van der Waals surface area contributed by atoms with Crippen LogP contribution in [0.25, 0.3) is 11.1 Å². The fourth-order valence-corrected chi connectivity index (χ4v) is 3.22. The lowest BCUT2D eigenvalue weighted by Gasteiger charge is -2.11. The Balaban J connectivity index is 1.66. The van der Waals surface area contributed by atoms with Crippen LogP contribution in [0.3, 0.4) is 0 Å². The van der Waals surface area contributed by atoms with Gasteiger partial charge in [0.25, 0.3) is 0 Å². The Kier molecular flexibility index (Phi) is 5.43. The van der Waals surface area contributed by atoms with Crippen molar-refractivity contribution < 1.29 is 14.3 Å². The number of carbonyl (C=O) groups is 1. The number of hydrogen-bond acceptors (Lipinski definition) is 4. The minimum atomic E-state index is -0.119. The third kappa shape index (κ3) is 3.91. The van der Waals surface area contributed by atoms with Gasteiger partial charge in [0.15, 0.2) is 0 Å². The largest absolute Gasteiger partial charge is 0.488 e. The first-order valence-electron chi connectivity index (χ1n) is 7.89. The highest BCUT2D eigenvalue weighted by atomic mass is 32.2. The van der Waals surface area contributed by atoms with Crippen molar-refractivity contribution in [3.8, 4) is 16.9 Å². The SMILES string of the molecule is COCC(=O)NC[C@@H]1Cc2cc(-c3ccc(SC)cc3)ccc2O1. The van der Waals surface area contributed by atoms with Crippen molar-refractivity contribution in [3.05, 3.63) is 48.0 Å². The van der Waals surface area contributed by atoms with Gasteiger partial charge in [-0.15, -0.1) is 11.8 Å². The zero-order valence-electron chi connectivity index (χ0n) is 13.9. The summed E-state index contributed by atoms with van der Waals surface area (Å²) in [6.07, 6.45) is 2.86. The summed E-state index contributed by atoms with van der Waals surface area (Å²) in [7, 11) is 1.51. The second kappa shape index (κ2) is 7.73. The van der Waals surface area contributed by atoms with Crippen LogP contribution in [-0.2, 0) is 16.0 Å². The molecule has 0 aromatic heterocycles. The first-order valence-corrected chi connectivity index (χ1v) is 9.11. The molecule has 1 aliphatic rings. The molecule has 2 aromatic rings.